The van der Waals surface area contributed by atoms with Gasteiger partial charge in [-0.1, -0.05) is 12.1 Å². The van der Waals surface area contributed by atoms with Crippen molar-refractivity contribution in [2.24, 2.45) is 5.73 Å². The lowest BCUT2D eigenvalue weighted by atomic mass is 10.1. The second-order valence-electron chi connectivity index (χ2n) is 5.29. The molecule has 0 spiro atoms. The van der Waals surface area contributed by atoms with Crippen molar-refractivity contribution in [3.63, 3.8) is 0 Å². The first kappa shape index (κ1) is 13.3. The van der Waals surface area contributed by atoms with Crippen LogP contribution < -0.4 is 20.6 Å². The first-order valence-corrected chi connectivity index (χ1v) is 7.06. The number of non-ortho nitro benzene ring substituents is 1. The van der Waals surface area contributed by atoms with Crippen molar-refractivity contribution in [3.05, 3.63) is 64.2 Å². The number of benzene rings is 2. The molecule has 0 saturated heterocycles. The van der Waals surface area contributed by atoms with Crippen LogP contribution in [0, 0.1) is 10.1 Å². The summed E-state index contributed by atoms with van der Waals surface area (Å²) in [4.78, 5) is 16.9. The summed E-state index contributed by atoms with van der Waals surface area (Å²) in [5, 5.41) is 13.9. The third kappa shape index (κ3) is 2.08. The Balaban J connectivity index is 1.88. The number of aromatic amines is 1. The van der Waals surface area contributed by atoms with E-state index in [4.69, 9.17) is 5.73 Å². The first-order valence-electron chi connectivity index (χ1n) is 7.06. The van der Waals surface area contributed by atoms with Gasteiger partial charge in [-0.2, -0.15) is 9.88 Å². The third-order valence-corrected chi connectivity index (χ3v) is 3.88. The van der Waals surface area contributed by atoms with Crippen molar-refractivity contribution in [3.8, 4) is 0 Å². The largest absolute Gasteiger partial charge is 0.368 e. The van der Waals surface area contributed by atoms with Crippen LogP contribution in [0.2, 0.25) is 0 Å². The van der Waals surface area contributed by atoms with Gasteiger partial charge in [-0.15, -0.1) is 0 Å². The lowest BCUT2D eigenvalue weighted by Crippen LogP contribution is -2.88. The number of rotatable bonds is 2. The minimum absolute atomic E-state index is 0.0591. The summed E-state index contributed by atoms with van der Waals surface area (Å²) in [5.41, 5.74) is 8.83. The van der Waals surface area contributed by atoms with Crippen LogP contribution >= 0.6 is 0 Å². The zero-order chi connectivity index (χ0) is 16.0. The van der Waals surface area contributed by atoms with Crippen LogP contribution in [0.25, 0.3) is 11.0 Å². The number of anilines is 1. The Morgan fingerprint density at radius 3 is 2.65 bits per heavy atom. The van der Waals surface area contributed by atoms with Crippen LogP contribution in [-0.2, 0) is 0 Å². The maximum absolute atomic E-state index is 10.8. The summed E-state index contributed by atoms with van der Waals surface area (Å²) in [5.74, 6) is 1.17. The van der Waals surface area contributed by atoms with Crippen LogP contribution in [0.15, 0.2) is 48.5 Å². The molecule has 8 nitrogen and oxygen atoms in total. The molecule has 8 heteroatoms. The Morgan fingerprint density at radius 2 is 1.91 bits per heavy atom. The highest BCUT2D eigenvalue weighted by molar-refractivity contribution is 5.87. The van der Waals surface area contributed by atoms with E-state index in [9.17, 15) is 10.1 Å². The van der Waals surface area contributed by atoms with Crippen LogP contribution in [0.3, 0.4) is 0 Å². The number of fused-ring (bicyclic) bond motifs is 3. The monoisotopic (exact) mass is 310 g/mol. The number of hydrogen-bond donors (Lipinski definition) is 4. The molecule has 114 valence electrons. The Morgan fingerprint density at radius 1 is 1.17 bits per heavy atom. The number of nitrogens with zero attached hydrogens (tertiary/aromatic N) is 2. The van der Waals surface area contributed by atoms with E-state index in [0.29, 0.717) is 5.96 Å². The molecule has 0 fully saturated rings. The molecular weight excluding hydrogens is 296 g/mol. The van der Waals surface area contributed by atoms with Gasteiger partial charge in [0.05, 0.1) is 4.92 Å². The van der Waals surface area contributed by atoms with Crippen LogP contribution in [0.4, 0.5) is 11.6 Å². The summed E-state index contributed by atoms with van der Waals surface area (Å²) < 4.78 is 2.03. The van der Waals surface area contributed by atoms with Crippen LogP contribution in [0.5, 0.6) is 0 Å². The van der Waals surface area contributed by atoms with Gasteiger partial charge in [0.1, 0.15) is 11.0 Å². The molecular formula is C15H14N6O2+2. The van der Waals surface area contributed by atoms with Gasteiger partial charge in [-0.3, -0.25) is 15.8 Å². The van der Waals surface area contributed by atoms with Crippen LogP contribution in [-0.4, -0.2) is 15.9 Å². The van der Waals surface area contributed by atoms with E-state index in [2.05, 4.69) is 15.3 Å². The maximum Gasteiger partial charge on any atom is 0.368 e. The fourth-order valence-electron chi connectivity index (χ4n) is 2.84. The summed E-state index contributed by atoms with van der Waals surface area (Å²) in [6.07, 6.45) is -0.261. The van der Waals surface area contributed by atoms with Crippen molar-refractivity contribution in [1.82, 2.24) is 4.98 Å². The predicted molar refractivity (Wildman–Crippen MR) is 83.5 cm³/mol. The summed E-state index contributed by atoms with van der Waals surface area (Å²) in [6, 6.07) is 14.3. The molecule has 2 aromatic carbocycles. The number of nitro benzene ring substituents is 1. The number of guanidine groups is 1. The fourth-order valence-corrected chi connectivity index (χ4v) is 2.84. The molecule has 3 aromatic rings. The number of nitro groups is 1. The van der Waals surface area contributed by atoms with E-state index in [1.807, 2.05) is 28.8 Å². The minimum Gasteiger partial charge on any atom is -0.290 e. The number of nitrogens with two attached hydrogens (primary N) is 1. The normalized spacial score (nSPS) is 16.5. The number of H-pyrrole nitrogens is 1. The molecule has 0 amide bonds. The van der Waals surface area contributed by atoms with Crippen molar-refractivity contribution in [2.75, 3.05) is 5.32 Å². The van der Waals surface area contributed by atoms with Gasteiger partial charge in [0.2, 0.25) is 6.17 Å². The summed E-state index contributed by atoms with van der Waals surface area (Å²) in [7, 11) is 0. The Kier molecular flexibility index (Phi) is 2.77. The smallest absolute Gasteiger partial charge is 0.290 e. The van der Waals surface area contributed by atoms with E-state index in [1.165, 1.54) is 12.1 Å². The second-order valence-corrected chi connectivity index (χ2v) is 5.29. The molecule has 2 heterocycles. The number of aromatic nitrogens is 2. The van der Waals surface area contributed by atoms with Crippen molar-refractivity contribution >= 4 is 28.6 Å². The Labute approximate surface area is 130 Å². The van der Waals surface area contributed by atoms with E-state index in [-0.39, 0.29) is 11.9 Å². The lowest BCUT2D eigenvalue weighted by Gasteiger charge is -2.16. The predicted octanol–water partition coefficient (Wildman–Crippen LogP) is -0.269. The minimum atomic E-state index is -0.412. The highest BCUT2D eigenvalue weighted by atomic mass is 16.6. The van der Waals surface area contributed by atoms with Gasteiger partial charge in [-0.25, -0.2) is 9.98 Å². The van der Waals surface area contributed by atoms with Gasteiger partial charge in [0.15, 0.2) is 0 Å². The van der Waals surface area contributed by atoms with Gasteiger partial charge in [0, 0.05) is 17.7 Å². The summed E-state index contributed by atoms with van der Waals surface area (Å²) >= 11 is 0. The third-order valence-electron chi connectivity index (χ3n) is 3.88. The second kappa shape index (κ2) is 4.80. The molecule has 23 heavy (non-hydrogen) atoms. The summed E-state index contributed by atoms with van der Waals surface area (Å²) in [6.45, 7) is 0. The van der Waals surface area contributed by atoms with E-state index < -0.39 is 4.92 Å². The van der Waals surface area contributed by atoms with Crippen molar-refractivity contribution in [1.29, 1.82) is 0 Å². The van der Waals surface area contributed by atoms with Crippen LogP contribution in [0.1, 0.15) is 11.7 Å². The van der Waals surface area contributed by atoms with Gasteiger partial charge in [0.25, 0.3) is 5.69 Å². The highest BCUT2D eigenvalue weighted by Gasteiger charge is 2.32. The number of imidazole rings is 1. The SMILES string of the molecule is NC1=[NH+][C@@H](c2ccc([N+](=O)[O-])cc2)[n+]2c([nH]c3ccccc32)N1. The fraction of sp³-hybridized carbons (Fsp3) is 0.0667. The topological polar surface area (TPSA) is 115 Å². The average molecular weight is 310 g/mol. The zero-order valence-electron chi connectivity index (χ0n) is 12.0. The van der Waals surface area contributed by atoms with Gasteiger partial charge >= 0.3 is 11.9 Å². The molecule has 1 aromatic heterocycles. The van der Waals surface area contributed by atoms with E-state index in [0.717, 1.165) is 22.5 Å². The van der Waals surface area contributed by atoms with Crippen molar-refractivity contribution in [2.45, 2.75) is 6.17 Å². The van der Waals surface area contributed by atoms with Gasteiger partial charge in [-0.05, 0) is 24.3 Å². The molecule has 0 saturated carbocycles. The zero-order valence-corrected chi connectivity index (χ0v) is 12.0. The number of para-hydroxylation sites is 2. The average Bonchev–Trinajstić information content (AvgIpc) is 2.92. The van der Waals surface area contributed by atoms with Gasteiger partial charge < -0.3 is 0 Å². The lowest BCUT2D eigenvalue weighted by molar-refractivity contribution is -0.840. The molecule has 4 rings (SSSR count). The van der Waals surface area contributed by atoms with E-state index in [1.54, 1.807) is 12.1 Å². The molecule has 0 unspecified atom stereocenters. The first-order chi connectivity index (χ1) is 11.1. The molecule has 5 N–H and O–H groups in total. The van der Waals surface area contributed by atoms with Crippen molar-refractivity contribution < 1.29 is 14.5 Å². The molecule has 1 aliphatic rings. The Hall–Kier alpha value is -3.42. The number of nitrogens with one attached hydrogen (secondary N) is 3. The highest BCUT2D eigenvalue weighted by Crippen LogP contribution is 2.19. The Bertz CT molecular complexity index is 944. The standard InChI is InChI=1S/C15H12N6O2/c16-14-18-13(9-5-7-10(8-6-9)21(22)23)20-12-4-2-1-3-11(12)17-15(20)19-14/h1-8,13H,(H3,16,17,18,19)/p+2/t13-/m1/s1. The molecule has 0 radical (unpaired) electrons. The molecule has 1 aliphatic heterocycles. The molecule has 1 atom stereocenters. The maximum atomic E-state index is 10.8. The van der Waals surface area contributed by atoms with E-state index >= 15 is 0 Å². The molecule has 0 aliphatic carbocycles. The molecule has 0 bridgehead atoms. The quantitative estimate of drug-likeness (QED) is 0.296. The number of hydrogen-bond acceptors (Lipinski definition) is 4.